The molecule has 0 fully saturated rings. The fraction of sp³-hybridized carbons (Fsp3) is 0.417. The lowest BCUT2D eigenvalue weighted by atomic mass is 10.2. The van der Waals surface area contributed by atoms with E-state index in [1.165, 1.54) is 0 Å². The summed E-state index contributed by atoms with van der Waals surface area (Å²) < 4.78 is 0. The summed E-state index contributed by atoms with van der Waals surface area (Å²) in [6.45, 7) is 5.22. The molecule has 0 aliphatic carbocycles. The molecular formula is C12H16N2O. The van der Waals surface area contributed by atoms with Crippen molar-refractivity contribution in [3.63, 3.8) is 0 Å². The monoisotopic (exact) mass is 204 g/mol. The summed E-state index contributed by atoms with van der Waals surface area (Å²) in [5.74, 6) is 0.271. The van der Waals surface area contributed by atoms with Crippen LogP contribution in [0.3, 0.4) is 0 Å². The Balaban J connectivity index is 2.70. The second-order valence-corrected chi connectivity index (χ2v) is 3.83. The number of nitrogens with zero attached hydrogens (tertiary/aromatic N) is 2. The van der Waals surface area contributed by atoms with Crippen LogP contribution in [0, 0.1) is 11.3 Å². The average Bonchev–Trinajstić information content (AvgIpc) is 2.17. The number of phenols is 1. The molecule has 0 spiro atoms. The Morgan fingerprint density at radius 2 is 2.20 bits per heavy atom. The van der Waals surface area contributed by atoms with E-state index in [1.807, 2.05) is 12.1 Å². The minimum atomic E-state index is 0.271. The maximum Gasteiger partial charge on any atom is 0.115 e. The molecule has 0 aromatic heterocycles. The molecule has 0 amide bonds. The second-order valence-electron chi connectivity index (χ2n) is 3.83. The molecule has 0 unspecified atom stereocenters. The number of aromatic hydroxyl groups is 1. The molecule has 0 saturated carbocycles. The highest BCUT2D eigenvalue weighted by atomic mass is 16.3. The molecule has 0 heterocycles. The van der Waals surface area contributed by atoms with E-state index < -0.39 is 0 Å². The van der Waals surface area contributed by atoms with Gasteiger partial charge in [-0.15, -0.1) is 0 Å². The molecule has 3 nitrogen and oxygen atoms in total. The highest BCUT2D eigenvalue weighted by molar-refractivity contribution is 5.27. The number of hydrogen-bond donors (Lipinski definition) is 1. The van der Waals surface area contributed by atoms with Crippen molar-refractivity contribution in [1.29, 1.82) is 5.26 Å². The molecule has 15 heavy (non-hydrogen) atoms. The molecule has 3 heteroatoms. The molecule has 0 atom stereocenters. The van der Waals surface area contributed by atoms with Gasteiger partial charge in [0.2, 0.25) is 0 Å². The van der Waals surface area contributed by atoms with Crippen molar-refractivity contribution in [1.82, 2.24) is 4.90 Å². The van der Waals surface area contributed by atoms with E-state index in [2.05, 4.69) is 24.8 Å². The maximum atomic E-state index is 9.31. The third kappa shape index (κ3) is 3.61. The van der Waals surface area contributed by atoms with Gasteiger partial charge in [0.1, 0.15) is 5.75 Å². The SMILES string of the molecule is CC(C)N(CC#N)Cc1cccc(O)c1. The third-order valence-electron chi connectivity index (χ3n) is 2.30. The van der Waals surface area contributed by atoms with Crippen LogP contribution >= 0.6 is 0 Å². The molecule has 0 radical (unpaired) electrons. The molecule has 0 aliphatic heterocycles. The summed E-state index contributed by atoms with van der Waals surface area (Å²) >= 11 is 0. The van der Waals surface area contributed by atoms with E-state index in [0.717, 1.165) is 5.56 Å². The van der Waals surface area contributed by atoms with Gasteiger partial charge < -0.3 is 5.11 Å². The Morgan fingerprint density at radius 1 is 1.47 bits per heavy atom. The lowest BCUT2D eigenvalue weighted by molar-refractivity contribution is 0.240. The van der Waals surface area contributed by atoms with Crippen LogP contribution < -0.4 is 0 Å². The quantitative estimate of drug-likeness (QED) is 0.764. The fourth-order valence-electron chi connectivity index (χ4n) is 1.40. The van der Waals surface area contributed by atoms with E-state index in [0.29, 0.717) is 19.1 Å². The smallest absolute Gasteiger partial charge is 0.115 e. The van der Waals surface area contributed by atoms with E-state index in [-0.39, 0.29) is 5.75 Å². The number of nitriles is 1. The van der Waals surface area contributed by atoms with Gasteiger partial charge in [0, 0.05) is 12.6 Å². The Morgan fingerprint density at radius 3 is 2.73 bits per heavy atom. The Hall–Kier alpha value is -1.53. The van der Waals surface area contributed by atoms with Crippen LogP contribution in [0.25, 0.3) is 0 Å². The number of phenolic OH excluding ortho intramolecular Hbond substituents is 1. The average molecular weight is 204 g/mol. The van der Waals surface area contributed by atoms with Crippen LogP contribution in [0.1, 0.15) is 19.4 Å². The number of benzene rings is 1. The molecule has 0 bridgehead atoms. The standard InChI is InChI=1S/C12H16N2O/c1-10(2)14(7-6-13)9-11-4-3-5-12(15)8-11/h3-5,8,10,15H,7,9H2,1-2H3. The van der Waals surface area contributed by atoms with Crippen LogP contribution in [-0.2, 0) is 6.54 Å². The van der Waals surface area contributed by atoms with Crippen molar-refractivity contribution in [2.75, 3.05) is 6.54 Å². The fourth-order valence-corrected chi connectivity index (χ4v) is 1.40. The van der Waals surface area contributed by atoms with E-state index >= 15 is 0 Å². The summed E-state index contributed by atoms with van der Waals surface area (Å²) in [5.41, 5.74) is 1.03. The minimum Gasteiger partial charge on any atom is -0.508 e. The second kappa shape index (κ2) is 5.38. The van der Waals surface area contributed by atoms with Crippen molar-refractivity contribution in [3.05, 3.63) is 29.8 Å². The largest absolute Gasteiger partial charge is 0.508 e. The van der Waals surface area contributed by atoms with Crippen LogP contribution in [0.2, 0.25) is 0 Å². The van der Waals surface area contributed by atoms with Crippen molar-refractivity contribution in [3.8, 4) is 11.8 Å². The van der Waals surface area contributed by atoms with Gasteiger partial charge in [-0.2, -0.15) is 5.26 Å². The molecular weight excluding hydrogens is 188 g/mol. The first-order chi connectivity index (χ1) is 7.13. The summed E-state index contributed by atoms with van der Waals surface area (Å²) in [6, 6.07) is 9.61. The van der Waals surface area contributed by atoms with Gasteiger partial charge in [-0.05, 0) is 31.5 Å². The first-order valence-electron chi connectivity index (χ1n) is 5.02. The Labute approximate surface area is 90.6 Å². The normalized spacial score (nSPS) is 10.6. The summed E-state index contributed by atoms with van der Waals surface area (Å²) in [7, 11) is 0. The zero-order valence-electron chi connectivity index (χ0n) is 9.14. The lowest BCUT2D eigenvalue weighted by Gasteiger charge is -2.23. The molecule has 1 N–H and O–H groups in total. The summed E-state index contributed by atoms with van der Waals surface area (Å²) in [6.07, 6.45) is 0. The van der Waals surface area contributed by atoms with Crippen LogP contribution in [-0.4, -0.2) is 22.6 Å². The van der Waals surface area contributed by atoms with Gasteiger partial charge in [-0.25, -0.2) is 0 Å². The van der Waals surface area contributed by atoms with Crippen molar-refractivity contribution < 1.29 is 5.11 Å². The van der Waals surface area contributed by atoms with Gasteiger partial charge >= 0.3 is 0 Å². The van der Waals surface area contributed by atoms with Crippen molar-refractivity contribution in [2.45, 2.75) is 26.4 Å². The van der Waals surface area contributed by atoms with Crippen LogP contribution in [0.5, 0.6) is 5.75 Å². The Kier molecular flexibility index (Phi) is 4.14. The van der Waals surface area contributed by atoms with Crippen molar-refractivity contribution >= 4 is 0 Å². The minimum absolute atomic E-state index is 0.271. The van der Waals surface area contributed by atoms with Gasteiger partial charge in [0.15, 0.2) is 0 Å². The summed E-state index contributed by atoms with van der Waals surface area (Å²) in [5, 5.41) is 18.0. The maximum absolute atomic E-state index is 9.31. The van der Waals surface area contributed by atoms with Crippen molar-refractivity contribution in [2.24, 2.45) is 0 Å². The first kappa shape index (κ1) is 11.5. The van der Waals surface area contributed by atoms with Gasteiger partial charge in [-0.1, -0.05) is 12.1 Å². The summed E-state index contributed by atoms with van der Waals surface area (Å²) in [4.78, 5) is 2.05. The van der Waals surface area contributed by atoms with Gasteiger partial charge in [0.05, 0.1) is 12.6 Å². The predicted molar refractivity (Wildman–Crippen MR) is 59.3 cm³/mol. The van der Waals surface area contributed by atoms with Gasteiger partial charge in [0.25, 0.3) is 0 Å². The first-order valence-corrected chi connectivity index (χ1v) is 5.02. The zero-order chi connectivity index (χ0) is 11.3. The highest BCUT2D eigenvalue weighted by Gasteiger charge is 2.09. The molecule has 1 aromatic rings. The molecule has 1 aromatic carbocycles. The predicted octanol–water partition coefficient (Wildman–Crippen LogP) is 2.13. The van der Waals surface area contributed by atoms with Gasteiger partial charge in [-0.3, -0.25) is 4.90 Å². The molecule has 0 aliphatic rings. The zero-order valence-corrected chi connectivity index (χ0v) is 9.14. The topological polar surface area (TPSA) is 47.3 Å². The molecule has 80 valence electrons. The van der Waals surface area contributed by atoms with Crippen LogP contribution in [0.15, 0.2) is 24.3 Å². The highest BCUT2D eigenvalue weighted by Crippen LogP contribution is 2.13. The molecule has 0 saturated heterocycles. The Bertz CT molecular complexity index is 355. The van der Waals surface area contributed by atoms with E-state index in [9.17, 15) is 5.11 Å². The number of hydrogen-bond acceptors (Lipinski definition) is 3. The lowest BCUT2D eigenvalue weighted by Crippen LogP contribution is -2.30. The number of rotatable bonds is 4. The third-order valence-corrected chi connectivity index (χ3v) is 2.30. The van der Waals surface area contributed by atoms with E-state index in [4.69, 9.17) is 5.26 Å². The molecule has 1 rings (SSSR count). The van der Waals surface area contributed by atoms with Crippen LogP contribution in [0.4, 0.5) is 0 Å². The van der Waals surface area contributed by atoms with E-state index in [1.54, 1.807) is 12.1 Å².